The van der Waals surface area contributed by atoms with Crippen molar-refractivity contribution in [2.24, 2.45) is 25.0 Å². The quantitative estimate of drug-likeness (QED) is 0.0837. The Morgan fingerprint density at radius 2 is 0.990 bits per heavy atom. The number of hydrogen-bond donors (Lipinski definition) is 4. The molecule has 560 valence electrons. The monoisotopic (exact) mass is 1530 g/mol. The van der Waals surface area contributed by atoms with E-state index in [4.69, 9.17) is 0 Å². The number of aliphatic hydroxyl groups excluding tert-OH is 1. The summed E-state index contributed by atoms with van der Waals surface area (Å²) in [6.45, 7) is 11.2. The molecule has 0 bridgehead atoms. The highest BCUT2D eigenvalue weighted by Crippen LogP contribution is 2.32. The maximum Gasteiger partial charge on any atom is 0.261 e. The summed E-state index contributed by atoms with van der Waals surface area (Å²) in [7, 11) is -17.8. The Kier molecular flexibility index (Phi) is 25.0. The first kappa shape index (κ1) is 77.0. The molecule has 2 unspecified atom stereocenters. The maximum absolute atomic E-state index is 13.1. The van der Waals surface area contributed by atoms with Crippen LogP contribution < -0.4 is 9.44 Å². The van der Waals surface area contributed by atoms with Crippen molar-refractivity contribution < 1.29 is 52.3 Å². The van der Waals surface area contributed by atoms with Crippen LogP contribution in [0.4, 0.5) is 0 Å². The van der Waals surface area contributed by atoms with Gasteiger partial charge in [-0.05, 0) is 188 Å². The van der Waals surface area contributed by atoms with E-state index >= 15 is 0 Å². The fraction of sp³-hybridized carbons (Fsp3) is 0.472. The highest BCUT2D eigenvalue weighted by Gasteiger charge is 2.42. The van der Waals surface area contributed by atoms with Gasteiger partial charge in [0.25, 0.3) is 50.1 Å². The van der Waals surface area contributed by atoms with Crippen LogP contribution in [-0.2, 0) is 89.3 Å². The second-order valence-electron chi connectivity index (χ2n) is 27.1. The molecule has 16 rings (SSSR count). The number of likely N-dealkylation sites (tertiary alicyclic amines) is 1. The second-order valence-corrected chi connectivity index (χ2v) is 35.9. The summed E-state index contributed by atoms with van der Waals surface area (Å²) in [6.07, 6.45) is 24.3. The molecule has 14 heterocycles. The Morgan fingerprint density at radius 1 is 0.514 bits per heavy atom. The van der Waals surface area contributed by atoms with Crippen LogP contribution in [0.1, 0.15) is 164 Å². The van der Waals surface area contributed by atoms with Gasteiger partial charge in [-0.25, -0.2) is 51.5 Å². The molecule has 3 atom stereocenters. The molecule has 0 radical (unpaired) electrons. The third kappa shape index (κ3) is 18.1. The summed E-state index contributed by atoms with van der Waals surface area (Å²) in [5.74, 6) is 0.218. The number of phenolic OH excluding ortho intramolecular Hbond substituents is 1. The Bertz CT molecular complexity index is 4870. The molecule has 0 spiro atoms. The highest BCUT2D eigenvalue weighted by atomic mass is 32.2. The average Bonchev–Trinajstić information content (AvgIpc) is 1.74. The van der Waals surface area contributed by atoms with E-state index in [-0.39, 0.29) is 56.1 Å². The molecule has 4 saturated heterocycles. The molecule has 0 saturated carbocycles. The van der Waals surface area contributed by atoms with Crippen LogP contribution in [0.2, 0.25) is 0 Å². The lowest BCUT2D eigenvalue weighted by Gasteiger charge is -2.27. The summed E-state index contributed by atoms with van der Waals surface area (Å²) >= 11 is 0. The minimum absolute atomic E-state index is 0.0563. The zero-order valence-electron chi connectivity index (χ0n) is 59.0. The standard InChI is InChI=1S/C18H21N3O3S.C16H22N4O2S.C15H19N3O2S.C12H15N3O2S.C11H13N3O3S/c1-3-14(9-13-7-6-12(2)17(22)10-13)21-25(23,24)18-15-5-4-8-19-16(15)11-20-18;21-23(22,16-14-6-3-7-17-15(14)11-18-16)20-10-4-5-13(20)12-19-8-1-2-9-19;19-21(20,18-10-8-12-5-2-1-3-6-12)15-13-7-4-9-16-14(13)11-17-15;16-18(17,15-7-2-1-3-8-15)12-10-5-4-6-13-11(10)9-14-12;15-8-3-5-14(7-8)18(16,17)11-9-2-1-4-12-10(9)6-13-11/h4-8,10,14,21-22H,3,9,11H2,1-2H3;3,6-7,13H,1-2,4-5,8-12H2;4-5,7,9,18H,1-3,6,8,10-11H2;4-6H,1-3,7-9H2;1-2,4,8,15H,3,5-7H2/t;13-;;;/m.0.../s1. The van der Waals surface area contributed by atoms with Crippen molar-refractivity contribution in [2.45, 2.75) is 161 Å². The molecule has 4 fully saturated rings. The van der Waals surface area contributed by atoms with Gasteiger partial charge < -0.3 is 15.1 Å². The molecule has 6 aromatic rings. The van der Waals surface area contributed by atoms with Gasteiger partial charge in [0.05, 0.1) is 67.3 Å². The molecule has 28 nitrogen and oxygen atoms in total. The van der Waals surface area contributed by atoms with E-state index in [2.05, 4.69) is 70.3 Å². The number of sulfonamides is 5. The number of fused-ring (bicyclic) bond motifs is 5. The Morgan fingerprint density at radius 3 is 1.47 bits per heavy atom. The van der Waals surface area contributed by atoms with Crippen LogP contribution in [0.5, 0.6) is 5.75 Å². The zero-order chi connectivity index (χ0) is 73.9. The lowest BCUT2D eigenvalue weighted by Crippen LogP contribution is -2.45. The molecule has 9 aliphatic heterocycles. The van der Waals surface area contributed by atoms with Crippen molar-refractivity contribution in [1.29, 1.82) is 0 Å². The Labute approximate surface area is 615 Å². The predicted octanol–water partition coefficient (Wildman–Crippen LogP) is 6.58. The van der Waals surface area contributed by atoms with Gasteiger partial charge in [-0.2, -0.15) is 12.9 Å². The smallest absolute Gasteiger partial charge is 0.261 e. The number of phenols is 1. The average molecular weight is 1530 g/mol. The van der Waals surface area contributed by atoms with Gasteiger partial charge in [-0.1, -0.05) is 37.1 Å². The number of pyridine rings is 5. The summed E-state index contributed by atoms with van der Waals surface area (Å²) in [4.78, 5) is 44.1. The molecule has 10 aliphatic rings. The number of nitrogens with zero attached hydrogens (tertiary/aromatic N) is 14. The normalized spacial score (nSPS) is 20.4. The number of aromatic hydroxyl groups is 1. The first-order chi connectivity index (χ1) is 50.5. The third-order valence-corrected chi connectivity index (χ3v) is 28.4. The topological polar surface area (TPSA) is 374 Å². The zero-order valence-corrected chi connectivity index (χ0v) is 63.1. The molecule has 4 N–H and O–H groups in total. The number of aryl methyl sites for hydroxylation is 1. The van der Waals surface area contributed by atoms with Gasteiger partial charge in [-0.3, -0.25) is 49.9 Å². The number of aliphatic imine (C=N–C) groups is 5. The van der Waals surface area contributed by atoms with E-state index in [1.807, 2.05) is 32.0 Å². The van der Waals surface area contributed by atoms with Crippen molar-refractivity contribution in [3.05, 3.63) is 189 Å². The van der Waals surface area contributed by atoms with Gasteiger partial charge in [0.15, 0.2) is 25.2 Å². The largest absolute Gasteiger partial charge is 0.508 e. The van der Waals surface area contributed by atoms with E-state index in [1.54, 1.807) is 100 Å². The number of β-amino-alcohol motifs (C(OH)–C–C–N with tert-alkyl or cyclic N) is 1. The molecule has 105 heavy (non-hydrogen) atoms. The molecule has 33 heteroatoms. The van der Waals surface area contributed by atoms with Crippen LogP contribution >= 0.6 is 0 Å². The number of rotatable bonds is 14. The van der Waals surface area contributed by atoms with Crippen LogP contribution in [0, 0.1) is 6.92 Å². The lowest BCUT2D eigenvalue weighted by atomic mass is 9.97. The minimum atomic E-state index is -3.73. The van der Waals surface area contributed by atoms with Gasteiger partial charge >= 0.3 is 0 Å². The van der Waals surface area contributed by atoms with Crippen molar-refractivity contribution in [3.63, 3.8) is 0 Å². The van der Waals surface area contributed by atoms with E-state index in [1.165, 1.54) is 35.6 Å². The molecule has 0 amide bonds. The fourth-order valence-corrected chi connectivity index (χ4v) is 22.1. The van der Waals surface area contributed by atoms with Gasteiger partial charge in [0.1, 0.15) is 5.75 Å². The summed E-state index contributed by atoms with van der Waals surface area (Å²) in [6, 6.07) is 22.7. The van der Waals surface area contributed by atoms with Crippen molar-refractivity contribution in [1.82, 2.24) is 52.2 Å². The van der Waals surface area contributed by atoms with E-state index in [9.17, 15) is 52.3 Å². The number of piperidine rings is 1. The van der Waals surface area contributed by atoms with E-state index < -0.39 is 56.2 Å². The van der Waals surface area contributed by atoms with Crippen molar-refractivity contribution >= 4 is 75.3 Å². The molecular weight excluding hydrogens is 1440 g/mol. The number of allylic oxidation sites excluding steroid dienone is 1. The maximum atomic E-state index is 13.1. The summed E-state index contributed by atoms with van der Waals surface area (Å²) in [5.41, 5.74) is 9.78. The van der Waals surface area contributed by atoms with Crippen LogP contribution in [-0.4, -0.2) is 197 Å². The van der Waals surface area contributed by atoms with Gasteiger partial charge in [0, 0.05) is 117 Å². The summed E-state index contributed by atoms with van der Waals surface area (Å²) in [5, 5.41) is 20.0. The third-order valence-electron chi connectivity index (χ3n) is 19.8. The van der Waals surface area contributed by atoms with E-state index in [0.29, 0.717) is 117 Å². The fourth-order valence-electron chi connectivity index (χ4n) is 14.2. The summed E-state index contributed by atoms with van der Waals surface area (Å²) < 4.78 is 136. The first-order valence-corrected chi connectivity index (χ1v) is 43.1. The van der Waals surface area contributed by atoms with Gasteiger partial charge in [0.2, 0.25) is 0 Å². The second kappa shape index (κ2) is 34.1. The Balaban J connectivity index is 0.000000124. The van der Waals surface area contributed by atoms with Crippen molar-refractivity contribution in [3.8, 4) is 5.75 Å². The highest BCUT2D eigenvalue weighted by molar-refractivity contribution is 8.06. The lowest BCUT2D eigenvalue weighted by molar-refractivity contribution is 0.189. The number of benzene rings is 1. The number of aliphatic hydroxyl groups is 1. The number of hydrogen-bond acceptors (Lipinski definition) is 23. The Hall–Kier alpha value is -7.67. The van der Waals surface area contributed by atoms with Crippen LogP contribution in [0.25, 0.3) is 0 Å². The minimum Gasteiger partial charge on any atom is -0.508 e. The van der Waals surface area contributed by atoms with Crippen molar-refractivity contribution in [2.75, 3.05) is 58.9 Å². The van der Waals surface area contributed by atoms with Crippen LogP contribution in [0.15, 0.2) is 146 Å². The molecule has 5 aromatic heterocycles. The van der Waals surface area contributed by atoms with E-state index in [0.717, 1.165) is 99.2 Å². The number of aromatic nitrogens is 5. The van der Waals surface area contributed by atoms with Crippen LogP contribution in [0.3, 0.4) is 0 Å². The molecule has 1 aromatic carbocycles. The number of nitrogens with one attached hydrogen (secondary N) is 2. The molecule has 1 aliphatic carbocycles. The SMILES string of the molecule is CCC(Cc1ccc(C)c(O)c1)NS(=O)(=O)C1=NCc2ncccc21.O=S(=O)(C1=NCc2ncccc21)N1CCC(O)C1.O=S(=O)(C1=NCc2ncccc21)N1CCCCC1.O=S(=O)(C1=NCc2ncccc21)N1CCC[C@H]1CN1CCCC1.O=S(=O)(NCCC1=CCCCC1)C1=NCc2ncccc21. The first-order valence-electron chi connectivity index (χ1n) is 35.9. The predicted molar refractivity (Wildman–Crippen MR) is 403 cm³/mol. The van der Waals surface area contributed by atoms with Gasteiger partial charge in [-0.15, -0.1) is 0 Å². The molecular formula is C72H90N16O12S5.